The number of ether oxygens (including phenoxy) is 1. The Morgan fingerprint density at radius 3 is 2.94 bits per heavy atom. The molecule has 2 bridgehead atoms. The molecule has 0 amide bonds. The van der Waals surface area contributed by atoms with Crippen LogP contribution in [0.3, 0.4) is 0 Å². The minimum Gasteiger partial charge on any atom is -0.478 e. The van der Waals surface area contributed by atoms with Gasteiger partial charge in [0.05, 0.1) is 24.3 Å². The number of aliphatic hydroxyl groups excluding tert-OH is 1. The number of aryl methyl sites for hydroxylation is 1. The lowest BCUT2D eigenvalue weighted by Gasteiger charge is -2.26. The molecule has 0 aromatic heterocycles. The molecule has 0 saturated carbocycles. The third-order valence-corrected chi connectivity index (χ3v) is 6.56. The first-order valence-corrected chi connectivity index (χ1v) is 11.5. The lowest BCUT2D eigenvalue weighted by atomic mass is 9.92. The van der Waals surface area contributed by atoms with E-state index in [1.54, 1.807) is 31.2 Å². The van der Waals surface area contributed by atoms with Crippen molar-refractivity contribution >= 4 is 23.6 Å². The molecular formula is C26H23ClFN3O4. The number of nitrogens with one attached hydrogen (secondary N) is 1. The molecule has 0 fully saturated rings. The third kappa shape index (κ3) is 4.54. The van der Waals surface area contributed by atoms with E-state index < -0.39 is 11.8 Å². The molecule has 2 heterocycles. The summed E-state index contributed by atoms with van der Waals surface area (Å²) in [5, 5.41) is 22.2. The van der Waals surface area contributed by atoms with Gasteiger partial charge in [-0.1, -0.05) is 17.7 Å². The van der Waals surface area contributed by atoms with Crippen LogP contribution in [0.25, 0.3) is 0 Å². The van der Waals surface area contributed by atoms with E-state index in [0.717, 1.165) is 11.3 Å². The highest BCUT2D eigenvalue weighted by Crippen LogP contribution is 2.38. The fourth-order valence-corrected chi connectivity index (χ4v) is 4.74. The molecule has 4 aliphatic rings. The van der Waals surface area contributed by atoms with Gasteiger partial charge in [-0.15, -0.1) is 0 Å². The molecule has 1 aromatic carbocycles. The van der Waals surface area contributed by atoms with Gasteiger partial charge in [0.1, 0.15) is 11.6 Å². The molecule has 180 valence electrons. The van der Waals surface area contributed by atoms with Crippen LogP contribution in [0.1, 0.15) is 22.3 Å². The first-order chi connectivity index (χ1) is 16.8. The molecule has 2 aliphatic heterocycles. The lowest BCUT2D eigenvalue weighted by molar-refractivity contribution is 0.0695. The van der Waals surface area contributed by atoms with Gasteiger partial charge in [-0.3, -0.25) is 0 Å². The zero-order valence-electron chi connectivity index (χ0n) is 18.8. The van der Waals surface area contributed by atoms with Gasteiger partial charge in [0.25, 0.3) is 6.02 Å². The molecule has 0 radical (unpaired) electrons. The van der Waals surface area contributed by atoms with Crippen molar-refractivity contribution in [2.75, 3.05) is 13.2 Å². The second kappa shape index (κ2) is 9.20. The van der Waals surface area contributed by atoms with Gasteiger partial charge in [-0.25, -0.2) is 14.2 Å². The van der Waals surface area contributed by atoms with E-state index in [-0.39, 0.29) is 30.3 Å². The summed E-state index contributed by atoms with van der Waals surface area (Å²) in [5.74, 6) is -1.10. The second-order valence-electron chi connectivity index (χ2n) is 8.60. The number of allylic oxidation sites excluding steroid dienone is 8. The zero-order valence-corrected chi connectivity index (χ0v) is 19.6. The maximum Gasteiger partial charge on any atom is 0.336 e. The first-order valence-electron chi connectivity index (χ1n) is 11.1. The number of fused-ring (bicyclic) bond motifs is 3. The number of carboxylic acids is 1. The monoisotopic (exact) mass is 495 g/mol. The molecule has 0 saturated heterocycles. The maximum absolute atomic E-state index is 15.4. The largest absolute Gasteiger partial charge is 0.478 e. The van der Waals surface area contributed by atoms with Crippen molar-refractivity contribution in [3.8, 4) is 5.75 Å². The number of hydrogen-bond donors (Lipinski definition) is 3. The molecule has 35 heavy (non-hydrogen) atoms. The van der Waals surface area contributed by atoms with Crippen molar-refractivity contribution in [2.24, 2.45) is 4.99 Å². The fourth-order valence-electron chi connectivity index (χ4n) is 4.44. The molecule has 3 N–H and O–H groups in total. The summed E-state index contributed by atoms with van der Waals surface area (Å²) in [7, 11) is 0. The molecule has 1 aromatic rings. The van der Waals surface area contributed by atoms with Crippen LogP contribution >= 0.6 is 11.6 Å². The smallest absolute Gasteiger partial charge is 0.336 e. The van der Waals surface area contributed by atoms with E-state index in [0.29, 0.717) is 40.5 Å². The van der Waals surface area contributed by atoms with Gasteiger partial charge in [0.15, 0.2) is 0 Å². The quantitative estimate of drug-likeness (QED) is 0.569. The number of aliphatic imine (C=N–C) groups is 1. The summed E-state index contributed by atoms with van der Waals surface area (Å²) in [5.41, 5.74) is 3.40. The number of carboxylic acid groups (broad SMARTS) is 1. The van der Waals surface area contributed by atoms with E-state index >= 15 is 4.39 Å². The van der Waals surface area contributed by atoms with Gasteiger partial charge in [0.2, 0.25) is 0 Å². The Morgan fingerprint density at radius 2 is 2.17 bits per heavy atom. The number of aliphatic hydroxyl groups is 1. The Labute approximate surface area is 206 Å². The Bertz CT molecular complexity index is 1320. The number of aromatic carboxylic acids is 1. The topological polar surface area (TPSA) is 94.4 Å². The van der Waals surface area contributed by atoms with Crippen molar-refractivity contribution in [2.45, 2.75) is 25.4 Å². The van der Waals surface area contributed by atoms with Crippen LogP contribution < -0.4 is 10.1 Å². The minimum atomic E-state index is -1.04. The van der Waals surface area contributed by atoms with E-state index in [4.69, 9.17) is 16.3 Å². The Hall–Kier alpha value is -3.62. The van der Waals surface area contributed by atoms with Crippen LogP contribution in [0.4, 0.5) is 4.39 Å². The highest BCUT2D eigenvalue weighted by atomic mass is 35.5. The molecule has 9 heteroatoms. The van der Waals surface area contributed by atoms with Gasteiger partial charge in [-0.05, 0) is 60.6 Å². The Kier molecular flexibility index (Phi) is 6.08. The number of rotatable bonds is 5. The predicted molar refractivity (Wildman–Crippen MR) is 131 cm³/mol. The highest BCUT2D eigenvalue weighted by Gasteiger charge is 2.33. The standard InChI is InChI=1S/C26H23ClFN3O4/c1-14-2-3-17(11-18(14)25(33)34)35-26-29-23-12-19(21(27)13-24(23)30-26)20-9-15-4-5-31(6-7-32)16(8-15)10-22(20)28/h2-5,9-13,23-24,32H,6-8H2,1H3,(H,29,30)(H,33,34). The van der Waals surface area contributed by atoms with Crippen molar-refractivity contribution in [1.29, 1.82) is 0 Å². The average molecular weight is 496 g/mol. The van der Waals surface area contributed by atoms with Crippen LogP contribution in [0.2, 0.25) is 0 Å². The number of carbonyl (C=O) groups is 1. The van der Waals surface area contributed by atoms with E-state index in [9.17, 15) is 15.0 Å². The van der Waals surface area contributed by atoms with E-state index in [2.05, 4.69) is 10.3 Å². The molecule has 2 unspecified atom stereocenters. The summed E-state index contributed by atoms with van der Waals surface area (Å²) in [4.78, 5) is 17.8. The summed E-state index contributed by atoms with van der Waals surface area (Å²) in [6.07, 6.45) is 11.2. The number of benzene rings is 1. The molecule has 5 rings (SSSR count). The van der Waals surface area contributed by atoms with Crippen molar-refractivity contribution < 1.29 is 24.1 Å². The summed E-state index contributed by atoms with van der Waals surface area (Å²) in [6, 6.07) is 4.38. The van der Waals surface area contributed by atoms with Crippen LogP contribution in [0.5, 0.6) is 5.75 Å². The summed E-state index contributed by atoms with van der Waals surface area (Å²) in [6.45, 7) is 2.08. The predicted octanol–water partition coefficient (Wildman–Crippen LogP) is 4.09. The number of halogens is 2. The van der Waals surface area contributed by atoms with Gasteiger partial charge < -0.3 is 25.2 Å². The van der Waals surface area contributed by atoms with E-state index in [1.807, 2.05) is 23.3 Å². The zero-order chi connectivity index (χ0) is 24.7. The average Bonchev–Trinajstić information content (AvgIpc) is 3.14. The van der Waals surface area contributed by atoms with Crippen molar-refractivity contribution in [3.05, 3.63) is 99.2 Å². The molecule has 7 nitrogen and oxygen atoms in total. The lowest BCUT2D eigenvalue weighted by Crippen LogP contribution is -2.36. The van der Waals surface area contributed by atoms with Crippen LogP contribution in [0, 0.1) is 6.92 Å². The Balaban J connectivity index is 1.43. The molecular weight excluding hydrogens is 473 g/mol. The molecule has 2 aliphatic carbocycles. The SMILES string of the molecule is Cc1ccc(OC2=NC3C=C(C4=C(F)C=C5CC(=C4)C=CN5CCO)C(Cl)=CC3N2)cc1C(=O)O. The number of hydrogen-bond acceptors (Lipinski definition) is 6. The normalized spacial score (nSPS) is 22.9. The van der Waals surface area contributed by atoms with Crippen LogP contribution in [-0.4, -0.2) is 52.3 Å². The number of amidine groups is 1. The first kappa shape index (κ1) is 23.1. The van der Waals surface area contributed by atoms with Gasteiger partial charge >= 0.3 is 5.97 Å². The molecule has 2 atom stereocenters. The highest BCUT2D eigenvalue weighted by molar-refractivity contribution is 6.32. The van der Waals surface area contributed by atoms with Gasteiger partial charge in [0, 0.05) is 41.0 Å². The second-order valence-corrected chi connectivity index (χ2v) is 9.01. The summed E-state index contributed by atoms with van der Waals surface area (Å²) >= 11 is 6.59. The minimum absolute atomic E-state index is 0.0304. The third-order valence-electron chi connectivity index (χ3n) is 6.23. The fraction of sp³-hybridized carbons (Fsp3) is 0.231. The number of nitrogens with zero attached hydrogens (tertiary/aromatic N) is 2. The van der Waals surface area contributed by atoms with Crippen molar-refractivity contribution in [3.63, 3.8) is 0 Å². The van der Waals surface area contributed by atoms with Crippen LogP contribution in [0.15, 0.2) is 93.0 Å². The molecule has 0 spiro atoms. The number of β-amino-alcohol motifs (C(OH)–C–C–N with tert-alkyl or cyclic N) is 1. The van der Waals surface area contributed by atoms with E-state index in [1.165, 1.54) is 12.1 Å². The maximum atomic E-state index is 15.4. The van der Waals surface area contributed by atoms with Crippen molar-refractivity contribution in [1.82, 2.24) is 10.2 Å². The Morgan fingerprint density at radius 1 is 1.34 bits per heavy atom. The summed E-state index contributed by atoms with van der Waals surface area (Å²) < 4.78 is 21.1. The van der Waals surface area contributed by atoms with Crippen LogP contribution in [-0.2, 0) is 0 Å². The van der Waals surface area contributed by atoms with Gasteiger partial charge in [-0.2, -0.15) is 0 Å².